The molecule has 2 aromatic rings. The lowest BCUT2D eigenvalue weighted by Crippen LogP contribution is -3.00. The third kappa shape index (κ3) is 4.69. The normalized spacial score (nSPS) is 10.3. The van der Waals surface area contributed by atoms with Crippen LogP contribution in [-0.2, 0) is 11.3 Å². The molecule has 0 aliphatic carbocycles. The summed E-state index contributed by atoms with van der Waals surface area (Å²) in [5.41, 5.74) is 0.842. The Kier molecular flexibility index (Phi) is 7.41. The summed E-state index contributed by atoms with van der Waals surface area (Å²) < 4.78 is 10.7. The quantitative estimate of drug-likeness (QED) is 0.800. The fourth-order valence-electron chi connectivity index (χ4n) is 1.69. The van der Waals surface area contributed by atoms with E-state index in [4.69, 9.17) is 32.4 Å². The summed E-state index contributed by atoms with van der Waals surface area (Å²) in [4.78, 5) is 0. The van der Waals surface area contributed by atoms with Gasteiger partial charge in [0.2, 0.25) is 0 Å². The summed E-state index contributed by atoms with van der Waals surface area (Å²) >= 11 is 12.0. The van der Waals surface area contributed by atoms with Crippen molar-refractivity contribution in [3.63, 3.8) is 0 Å². The van der Waals surface area contributed by atoms with Gasteiger partial charge >= 0.3 is 0 Å². The molecule has 20 heavy (non-hydrogen) atoms. The molecule has 1 heterocycles. The highest BCUT2D eigenvalue weighted by Gasteiger charge is 2.08. The molecule has 0 aliphatic heterocycles. The van der Waals surface area contributed by atoms with Crippen molar-refractivity contribution in [1.82, 2.24) is 5.32 Å². The average molecular weight is 336 g/mol. The average Bonchev–Trinajstić information content (AvgIpc) is 2.83. The molecular formula is C14H15Cl3NO2-. The first-order valence-corrected chi connectivity index (χ1v) is 6.70. The maximum Gasteiger partial charge on any atom is 0.135 e. The first-order valence-electron chi connectivity index (χ1n) is 5.94. The van der Waals surface area contributed by atoms with E-state index in [-0.39, 0.29) is 12.4 Å². The molecule has 0 amide bonds. The van der Waals surface area contributed by atoms with Gasteiger partial charge in [-0.05, 0) is 30.3 Å². The summed E-state index contributed by atoms with van der Waals surface area (Å²) in [6.45, 7) is 2.12. The fraction of sp³-hybridized carbons (Fsp3) is 0.286. The molecule has 0 spiro atoms. The van der Waals surface area contributed by atoms with Gasteiger partial charge in [-0.2, -0.15) is 0 Å². The minimum atomic E-state index is 0. The number of rotatable bonds is 6. The van der Waals surface area contributed by atoms with E-state index in [1.54, 1.807) is 19.2 Å². The molecule has 110 valence electrons. The third-order valence-corrected chi connectivity index (χ3v) is 3.19. The number of furan rings is 1. The summed E-state index contributed by atoms with van der Waals surface area (Å²) in [5.74, 6) is 1.60. The van der Waals surface area contributed by atoms with Crippen molar-refractivity contribution in [3.05, 3.63) is 46.1 Å². The predicted molar refractivity (Wildman–Crippen MR) is 77.7 cm³/mol. The predicted octanol–water partition coefficient (Wildman–Crippen LogP) is 0.993. The van der Waals surface area contributed by atoms with Gasteiger partial charge in [0.05, 0.1) is 18.2 Å². The van der Waals surface area contributed by atoms with Gasteiger partial charge in [-0.25, -0.2) is 0 Å². The standard InChI is InChI=1S/C14H15Cl2NO2.ClH/c1-18-7-6-17-9-11-3-5-14(19-11)12-4-2-10(15)8-13(12)16;/h2-5,8,17H,6-7,9H2,1H3;1H/p-1. The Labute approximate surface area is 134 Å². The van der Waals surface area contributed by atoms with Crippen molar-refractivity contribution in [2.45, 2.75) is 6.54 Å². The maximum atomic E-state index is 6.14. The molecule has 0 radical (unpaired) electrons. The van der Waals surface area contributed by atoms with E-state index in [0.29, 0.717) is 23.2 Å². The Morgan fingerprint density at radius 2 is 2.00 bits per heavy atom. The van der Waals surface area contributed by atoms with E-state index in [0.717, 1.165) is 23.6 Å². The van der Waals surface area contributed by atoms with E-state index >= 15 is 0 Å². The molecule has 0 aliphatic rings. The molecule has 0 bridgehead atoms. The second kappa shape index (κ2) is 8.55. The van der Waals surface area contributed by atoms with E-state index in [1.165, 1.54) is 0 Å². The molecule has 0 atom stereocenters. The zero-order valence-electron chi connectivity index (χ0n) is 11.0. The molecule has 0 unspecified atom stereocenters. The number of nitrogens with one attached hydrogen (secondary N) is 1. The van der Waals surface area contributed by atoms with Crippen molar-refractivity contribution in [3.8, 4) is 11.3 Å². The lowest BCUT2D eigenvalue weighted by atomic mass is 10.2. The minimum Gasteiger partial charge on any atom is -1.00 e. The van der Waals surface area contributed by atoms with Crippen LogP contribution in [0.3, 0.4) is 0 Å². The fourth-order valence-corrected chi connectivity index (χ4v) is 2.19. The molecule has 1 N–H and O–H groups in total. The van der Waals surface area contributed by atoms with Gasteiger partial charge in [0.1, 0.15) is 11.5 Å². The molecule has 2 rings (SSSR count). The Morgan fingerprint density at radius 1 is 1.20 bits per heavy atom. The van der Waals surface area contributed by atoms with Crippen LogP contribution in [0.5, 0.6) is 0 Å². The van der Waals surface area contributed by atoms with Crippen molar-refractivity contribution in [2.75, 3.05) is 20.3 Å². The van der Waals surface area contributed by atoms with Crippen LogP contribution in [0.15, 0.2) is 34.7 Å². The summed E-state index contributed by atoms with van der Waals surface area (Å²) in [5, 5.41) is 4.42. The van der Waals surface area contributed by atoms with Crippen LogP contribution >= 0.6 is 23.2 Å². The second-order valence-electron chi connectivity index (χ2n) is 4.06. The number of ether oxygens (including phenoxy) is 1. The van der Waals surface area contributed by atoms with Gasteiger partial charge in [-0.15, -0.1) is 0 Å². The number of hydrogen-bond acceptors (Lipinski definition) is 3. The zero-order valence-corrected chi connectivity index (χ0v) is 13.2. The summed E-state index contributed by atoms with van der Waals surface area (Å²) in [6.07, 6.45) is 0. The number of methoxy groups -OCH3 is 1. The summed E-state index contributed by atoms with van der Waals surface area (Å²) in [7, 11) is 1.68. The van der Waals surface area contributed by atoms with Crippen molar-refractivity contribution < 1.29 is 21.6 Å². The maximum absolute atomic E-state index is 6.14. The van der Waals surface area contributed by atoms with E-state index < -0.39 is 0 Å². The summed E-state index contributed by atoms with van der Waals surface area (Å²) in [6, 6.07) is 9.19. The Hall–Kier alpha value is -0.710. The number of halogens is 3. The molecule has 0 fully saturated rings. The third-order valence-electron chi connectivity index (χ3n) is 2.64. The van der Waals surface area contributed by atoms with Crippen LogP contribution in [-0.4, -0.2) is 20.3 Å². The molecule has 1 aromatic heterocycles. The Balaban J connectivity index is 0.00000200. The topological polar surface area (TPSA) is 34.4 Å². The molecule has 0 saturated heterocycles. The van der Waals surface area contributed by atoms with Gasteiger partial charge < -0.3 is 26.9 Å². The van der Waals surface area contributed by atoms with E-state index in [2.05, 4.69) is 5.32 Å². The van der Waals surface area contributed by atoms with Gasteiger partial charge in [0, 0.05) is 24.2 Å². The largest absolute Gasteiger partial charge is 1.00 e. The molecule has 0 saturated carbocycles. The van der Waals surface area contributed by atoms with Crippen LogP contribution in [0.4, 0.5) is 0 Å². The first-order chi connectivity index (χ1) is 9.20. The first kappa shape index (κ1) is 17.3. The Morgan fingerprint density at radius 3 is 2.70 bits per heavy atom. The van der Waals surface area contributed by atoms with Gasteiger partial charge in [-0.3, -0.25) is 0 Å². The lowest BCUT2D eigenvalue weighted by molar-refractivity contribution is -0.00000462. The Bertz CT molecular complexity index is 543. The minimum absolute atomic E-state index is 0. The highest BCUT2D eigenvalue weighted by atomic mass is 35.5. The SMILES string of the molecule is COCCNCc1ccc(-c2ccc(Cl)cc2Cl)o1.[Cl-]. The molecule has 3 nitrogen and oxygen atoms in total. The van der Waals surface area contributed by atoms with Crippen LogP contribution in [0.25, 0.3) is 11.3 Å². The van der Waals surface area contributed by atoms with E-state index in [1.807, 2.05) is 18.2 Å². The highest BCUT2D eigenvalue weighted by Crippen LogP contribution is 2.31. The molecule has 6 heteroatoms. The molecule has 1 aromatic carbocycles. The van der Waals surface area contributed by atoms with Crippen molar-refractivity contribution in [2.24, 2.45) is 0 Å². The number of hydrogen-bond donors (Lipinski definition) is 1. The van der Waals surface area contributed by atoms with Crippen LogP contribution in [0.2, 0.25) is 10.0 Å². The van der Waals surface area contributed by atoms with Crippen molar-refractivity contribution >= 4 is 23.2 Å². The smallest absolute Gasteiger partial charge is 0.135 e. The van der Waals surface area contributed by atoms with Gasteiger partial charge in [0.15, 0.2) is 0 Å². The molecular weight excluding hydrogens is 321 g/mol. The van der Waals surface area contributed by atoms with E-state index in [9.17, 15) is 0 Å². The zero-order chi connectivity index (χ0) is 13.7. The second-order valence-corrected chi connectivity index (χ2v) is 4.90. The monoisotopic (exact) mass is 334 g/mol. The van der Waals surface area contributed by atoms with Crippen LogP contribution in [0, 0.1) is 0 Å². The van der Waals surface area contributed by atoms with Gasteiger partial charge in [0.25, 0.3) is 0 Å². The van der Waals surface area contributed by atoms with Crippen LogP contribution < -0.4 is 17.7 Å². The van der Waals surface area contributed by atoms with Gasteiger partial charge in [-0.1, -0.05) is 23.2 Å². The lowest BCUT2D eigenvalue weighted by Gasteiger charge is -2.03. The van der Waals surface area contributed by atoms with Crippen molar-refractivity contribution in [1.29, 1.82) is 0 Å². The van der Waals surface area contributed by atoms with Crippen LogP contribution in [0.1, 0.15) is 5.76 Å². The number of benzene rings is 1. The highest BCUT2D eigenvalue weighted by molar-refractivity contribution is 6.36.